The van der Waals surface area contributed by atoms with Crippen LogP contribution in [0.2, 0.25) is 10.0 Å². The van der Waals surface area contributed by atoms with Gasteiger partial charge in [0, 0.05) is 23.2 Å². The Bertz CT molecular complexity index is 1180. The molecule has 0 bridgehead atoms. The predicted octanol–water partition coefficient (Wildman–Crippen LogP) is 7.16. The van der Waals surface area contributed by atoms with Crippen LogP contribution in [0.15, 0.2) is 59.1 Å². The number of rotatable bonds is 8. The summed E-state index contributed by atoms with van der Waals surface area (Å²) in [6, 6.07) is 15.2. The van der Waals surface area contributed by atoms with Gasteiger partial charge >= 0.3 is 0 Å². The Morgan fingerprint density at radius 3 is 2.55 bits per heavy atom. The van der Waals surface area contributed by atoms with Crippen LogP contribution < -0.4 is 4.74 Å². The van der Waals surface area contributed by atoms with Crippen molar-refractivity contribution in [3.05, 3.63) is 75.5 Å². The van der Waals surface area contributed by atoms with E-state index in [1.807, 2.05) is 49.4 Å². The Hall–Kier alpha value is -2.06. The molecule has 0 fully saturated rings. The maximum atomic E-state index is 6.30. The fraction of sp³-hybridized carbons (Fsp3) is 0.227. The molecule has 0 aliphatic heterocycles. The monoisotopic (exact) mass is 490 g/mol. The topological polar surface area (TPSA) is 52.8 Å². The predicted molar refractivity (Wildman–Crippen MR) is 128 cm³/mol. The minimum Gasteiger partial charge on any atom is -0.481 e. The van der Waals surface area contributed by atoms with Gasteiger partial charge in [0.25, 0.3) is 0 Å². The first-order chi connectivity index (χ1) is 15.1. The van der Waals surface area contributed by atoms with E-state index in [0.29, 0.717) is 21.5 Å². The molecule has 2 heterocycles. The molecule has 1 unspecified atom stereocenters. The van der Waals surface area contributed by atoms with Gasteiger partial charge in [0.2, 0.25) is 0 Å². The first kappa shape index (κ1) is 22.1. The molecule has 2 aromatic carbocycles. The van der Waals surface area contributed by atoms with Crippen molar-refractivity contribution in [1.82, 2.24) is 19.7 Å². The third-order valence-corrected chi connectivity index (χ3v) is 7.14. The number of hydrogen-bond donors (Lipinski definition) is 0. The number of ether oxygens (including phenoxy) is 1. The molecule has 0 saturated heterocycles. The standard InChI is InChI=1S/C22H20Cl2N4OS2/c1-3-28-20(14(2)29-19-11-7-6-10-18(19)24)26-27-22(28)31-13-15-12-30-21(25-15)16-8-4-5-9-17(16)23/h4-12,14H,3,13H2,1-2H3. The van der Waals surface area contributed by atoms with Crippen LogP contribution in [0.4, 0.5) is 0 Å². The molecule has 0 N–H and O–H groups in total. The van der Waals surface area contributed by atoms with Crippen LogP contribution >= 0.6 is 46.3 Å². The van der Waals surface area contributed by atoms with E-state index in [-0.39, 0.29) is 6.10 Å². The summed E-state index contributed by atoms with van der Waals surface area (Å²) in [5.41, 5.74) is 1.94. The molecule has 0 aliphatic rings. The lowest BCUT2D eigenvalue weighted by atomic mass is 10.2. The van der Waals surface area contributed by atoms with Gasteiger partial charge < -0.3 is 9.30 Å². The zero-order chi connectivity index (χ0) is 21.8. The number of para-hydroxylation sites is 1. The van der Waals surface area contributed by atoms with E-state index in [1.54, 1.807) is 29.2 Å². The second-order valence-electron chi connectivity index (χ2n) is 6.69. The van der Waals surface area contributed by atoms with Crippen LogP contribution in [0.5, 0.6) is 5.75 Å². The highest BCUT2D eigenvalue weighted by Gasteiger charge is 2.20. The fourth-order valence-electron chi connectivity index (χ4n) is 3.06. The molecule has 0 amide bonds. The van der Waals surface area contributed by atoms with Crippen LogP contribution in [-0.2, 0) is 12.3 Å². The third-order valence-electron chi connectivity index (χ3n) is 4.57. The van der Waals surface area contributed by atoms with Crippen molar-refractivity contribution < 1.29 is 4.74 Å². The van der Waals surface area contributed by atoms with Crippen molar-refractivity contribution in [1.29, 1.82) is 0 Å². The van der Waals surface area contributed by atoms with E-state index in [0.717, 1.165) is 33.8 Å². The second-order valence-corrected chi connectivity index (χ2v) is 9.30. The van der Waals surface area contributed by atoms with Gasteiger partial charge in [-0.05, 0) is 32.0 Å². The Kier molecular flexibility index (Phi) is 7.17. The number of hydrogen-bond acceptors (Lipinski definition) is 6. The van der Waals surface area contributed by atoms with E-state index in [2.05, 4.69) is 27.1 Å². The molecular weight excluding hydrogens is 471 g/mol. The Morgan fingerprint density at radius 2 is 1.81 bits per heavy atom. The van der Waals surface area contributed by atoms with Gasteiger partial charge in [-0.2, -0.15) is 0 Å². The molecule has 0 spiro atoms. The van der Waals surface area contributed by atoms with Crippen molar-refractivity contribution in [3.63, 3.8) is 0 Å². The van der Waals surface area contributed by atoms with E-state index in [1.165, 1.54) is 0 Å². The van der Waals surface area contributed by atoms with Crippen LogP contribution in [0, 0.1) is 0 Å². The molecule has 0 saturated carbocycles. The molecule has 0 radical (unpaired) electrons. The van der Waals surface area contributed by atoms with Crippen molar-refractivity contribution >= 4 is 46.3 Å². The maximum Gasteiger partial charge on any atom is 0.191 e. The van der Waals surface area contributed by atoms with Gasteiger partial charge in [-0.15, -0.1) is 21.5 Å². The Balaban J connectivity index is 1.46. The SMILES string of the molecule is CCn1c(SCc2csc(-c3ccccc3Cl)n2)nnc1C(C)Oc1ccccc1Cl. The molecule has 9 heteroatoms. The number of thiazole rings is 1. The molecule has 1 atom stereocenters. The summed E-state index contributed by atoms with van der Waals surface area (Å²) in [7, 11) is 0. The van der Waals surface area contributed by atoms with Crippen molar-refractivity contribution in [2.45, 2.75) is 37.4 Å². The van der Waals surface area contributed by atoms with Crippen molar-refractivity contribution in [2.24, 2.45) is 0 Å². The van der Waals surface area contributed by atoms with Gasteiger partial charge in [-0.1, -0.05) is 65.3 Å². The number of aromatic nitrogens is 4. The molecule has 2 aromatic heterocycles. The average molecular weight is 491 g/mol. The van der Waals surface area contributed by atoms with Crippen LogP contribution in [0.1, 0.15) is 31.5 Å². The number of halogens is 2. The first-order valence-electron chi connectivity index (χ1n) is 9.73. The lowest BCUT2D eigenvalue weighted by Crippen LogP contribution is -2.12. The van der Waals surface area contributed by atoms with Gasteiger partial charge in [0.1, 0.15) is 10.8 Å². The quantitative estimate of drug-likeness (QED) is 0.245. The lowest BCUT2D eigenvalue weighted by molar-refractivity contribution is 0.210. The highest BCUT2D eigenvalue weighted by atomic mass is 35.5. The first-order valence-corrected chi connectivity index (χ1v) is 12.3. The minimum atomic E-state index is -0.284. The summed E-state index contributed by atoms with van der Waals surface area (Å²) in [5.74, 6) is 2.09. The van der Waals surface area contributed by atoms with Gasteiger partial charge in [0.15, 0.2) is 17.1 Å². The number of benzene rings is 2. The third kappa shape index (κ3) is 5.06. The summed E-state index contributed by atoms with van der Waals surface area (Å²) in [6.07, 6.45) is -0.284. The lowest BCUT2D eigenvalue weighted by Gasteiger charge is -2.16. The second kappa shape index (κ2) is 10.0. The maximum absolute atomic E-state index is 6.30. The van der Waals surface area contributed by atoms with Gasteiger partial charge in [-0.3, -0.25) is 0 Å². The summed E-state index contributed by atoms with van der Waals surface area (Å²) in [5, 5.41) is 13.9. The Labute approximate surface area is 199 Å². The highest BCUT2D eigenvalue weighted by Crippen LogP contribution is 2.33. The molecule has 4 rings (SSSR count). The highest BCUT2D eigenvalue weighted by molar-refractivity contribution is 7.98. The van der Waals surface area contributed by atoms with Crippen LogP contribution in [0.3, 0.4) is 0 Å². The zero-order valence-corrected chi connectivity index (χ0v) is 20.1. The van der Waals surface area contributed by atoms with Gasteiger partial charge in [-0.25, -0.2) is 4.98 Å². The van der Waals surface area contributed by atoms with E-state index in [9.17, 15) is 0 Å². The van der Waals surface area contributed by atoms with Crippen LogP contribution in [0.25, 0.3) is 10.6 Å². The largest absolute Gasteiger partial charge is 0.481 e. The summed E-state index contributed by atoms with van der Waals surface area (Å²) in [6.45, 7) is 4.75. The summed E-state index contributed by atoms with van der Waals surface area (Å²) >= 11 is 15.7. The molecular formula is C22H20Cl2N4OS2. The van der Waals surface area contributed by atoms with Crippen molar-refractivity contribution in [2.75, 3.05) is 0 Å². The molecule has 5 nitrogen and oxygen atoms in total. The van der Waals surface area contributed by atoms with E-state index in [4.69, 9.17) is 32.9 Å². The molecule has 4 aromatic rings. The van der Waals surface area contributed by atoms with Crippen molar-refractivity contribution in [3.8, 4) is 16.3 Å². The molecule has 31 heavy (non-hydrogen) atoms. The number of thioether (sulfide) groups is 1. The molecule has 0 aliphatic carbocycles. The summed E-state index contributed by atoms with van der Waals surface area (Å²) < 4.78 is 8.09. The fourth-order valence-corrected chi connectivity index (χ4v) is 5.39. The molecule has 160 valence electrons. The van der Waals surface area contributed by atoms with Crippen LogP contribution in [-0.4, -0.2) is 19.7 Å². The smallest absolute Gasteiger partial charge is 0.191 e. The van der Waals surface area contributed by atoms with E-state index >= 15 is 0 Å². The van der Waals surface area contributed by atoms with E-state index < -0.39 is 0 Å². The normalized spacial score (nSPS) is 12.1. The summed E-state index contributed by atoms with van der Waals surface area (Å²) in [4.78, 5) is 4.74. The number of nitrogens with zero attached hydrogens (tertiary/aromatic N) is 4. The average Bonchev–Trinajstić information content (AvgIpc) is 3.41. The zero-order valence-electron chi connectivity index (χ0n) is 17.0. The minimum absolute atomic E-state index is 0.284. The van der Waals surface area contributed by atoms with Gasteiger partial charge in [0.05, 0.1) is 15.7 Å². The Morgan fingerprint density at radius 1 is 1.06 bits per heavy atom.